The lowest BCUT2D eigenvalue weighted by Crippen LogP contribution is -2.37. The van der Waals surface area contributed by atoms with Crippen molar-refractivity contribution in [3.63, 3.8) is 0 Å². The molecule has 0 aliphatic rings. The quantitative estimate of drug-likeness (QED) is 0.690. The fourth-order valence-electron chi connectivity index (χ4n) is 2.80. The van der Waals surface area contributed by atoms with Crippen LogP contribution in [0.4, 0.5) is 9.18 Å². The van der Waals surface area contributed by atoms with Gasteiger partial charge in [-0.1, -0.05) is 11.6 Å². The predicted molar refractivity (Wildman–Crippen MR) is 108 cm³/mol. The first kappa shape index (κ1) is 20.7. The first-order valence-electron chi connectivity index (χ1n) is 8.89. The molecule has 152 valence electrons. The van der Waals surface area contributed by atoms with Gasteiger partial charge in [0.1, 0.15) is 17.2 Å². The lowest BCUT2D eigenvalue weighted by atomic mass is 10.2. The van der Waals surface area contributed by atoms with E-state index in [1.807, 2.05) is 0 Å². The van der Waals surface area contributed by atoms with E-state index in [4.69, 9.17) is 16.3 Å². The van der Waals surface area contributed by atoms with Crippen molar-refractivity contribution in [1.82, 2.24) is 19.9 Å². The van der Waals surface area contributed by atoms with Gasteiger partial charge >= 0.3 is 6.09 Å². The van der Waals surface area contributed by atoms with E-state index < -0.39 is 29.1 Å². The average molecular weight is 419 g/mol. The van der Waals surface area contributed by atoms with Gasteiger partial charge in [0.25, 0.3) is 5.56 Å². The minimum atomic E-state index is -0.719. The topological polar surface area (TPSA) is 86.1 Å². The molecule has 1 atom stereocenters. The normalized spacial score (nSPS) is 12.6. The number of hydrogen-bond acceptors (Lipinski definition) is 5. The molecule has 0 fully saturated rings. The molecule has 0 aliphatic carbocycles. The number of hydrogen-bond donors (Lipinski definition) is 1. The van der Waals surface area contributed by atoms with E-state index in [0.29, 0.717) is 5.69 Å². The van der Waals surface area contributed by atoms with Crippen LogP contribution in [0.25, 0.3) is 16.6 Å². The Bertz CT molecular complexity index is 1130. The number of fused-ring (bicyclic) bond motifs is 1. The van der Waals surface area contributed by atoms with Crippen molar-refractivity contribution in [3.05, 3.63) is 63.7 Å². The number of ether oxygens (including phenoxy) is 1. The summed E-state index contributed by atoms with van der Waals surface area (Å²) in [5.74, 6) is -0.493. The highest BCUT2D eigenvalue weighted by Gasteiger charge is 2.24. The van der Waals surface area contributed by atoms with E-state index in [1.165, 1.54) is 16.8 Å². The maximum atomic E-state index is 14.0. The summed E-state index contributed by atoms with van der Waals surface area (Å²) >= 11 is 6.05. The van der Waals surface area contributed by atoms with Crippen molar-refractivity contribution in [1.29, 1.82) is 0 Å². The van der Waals surface area contributed by atoms with Crippen molar-refractivity contribution >= 4 is 28.6 Å². The number of carbonyl (C=O) groups excluding carboxylic acids is 1. The molecule has 0 bridgehead atoms. The second kappa shape index (κ2) is 7.79. The summed E-state index contributed by atoms with van der Waals surface area (Å²) in [6.07, 6.45) is 2.36. The maximum absolute atomic E-state index is 14.0. The number of aromatic nitrogens is 3. The molecule has 2 aromatic heterocycles. The highest BCUT2D eigenvalue weighted by atomic mass is 35.5. The summed E-state index contributed by atoms with van der Waals surface area (Å²) in [6, 6.07) is 5.11. The Morgan fingerprint density at radius 2 is 2.03 bits per heavy atom. The summed E-state index contributed by atoms with van der Waals surface area (Å²) in [7, 11) is 0. The summed E-state index contributed by atoms with van der Waals surface area (Å²) in [5.41, 5.74) is -0.635. The summed E-state index contributed by atoms with van der Waals surface area (Å²) in [4.78, 5) is 34.0. The molecule has 1 amide bonds. The second-order valence-electron chi connectivity index (χ2n) is 7.45. The summed E-state index contributed by atoms with van der Waals surface area (Å²) in [5, 5.41) is 2.31. The molecule has 3 aromatic rings. The molecule has 0 unspecified atom stereocenters. The third-order valence-corrected chi connectivity index (χ3v) is 4.35. The Balaban J connectivity index is 2.19. The molecule has 1 N–H and O–H groups in total. The number of benzene rings is 1. The molecular weight excluding hydrogens is 399 g/mol. The maximum Gasteiger partial charge on any atom is 0.408 e. The SMILES string of the molecule is C[C@H](NC(=O)OC(C)(C)C)c1nc2ccc(F)c(Cl)c2c(=O)n1-c1cccnc1. The Labute approximate surface area is 171 Å². The predicted octanol–water partition coefficient (Wildman–Crippen LogP) is 4.16. The number of pyridine rings is 1. The summed E-state index contributed by atoms with van der Waals surface area (Å²) < 4.78 is 20.5. The Kier molecular flexibility index (Phi) is 5.57. The standard InChI is InChI=1S/C20H20ClFN4O3/c1-11(24-19(28)29-20(2,3)4)17-25-14-8-7-13(22)16(21)15(14)18(27)26(17)12-6-5-9-23-10-12/h5-11H,1-4H3,(H,24,28)/t11-/m0/s1. The highest BCUT2D eigenvalue weighted by Crippen LogP contribution is 2.25. The van der Waals surface area contributed by atoms with Gasteiger partial charge in [-0.05, 0) is 52.0 Å². The fourth-order valence-corrected chi connectivity index (χ4v) is 3.04. The third-order valence-electron chi connectivity index (χ3n) is 3.98. The molecule has 0 spiro atoms. The van der Waals surface area contributed by atoms with Gasteiger partial charge in [-0.3, -0.25) is 14.3 Å². The summed E-state index contributed by atoms with van der Waals surface area (Å²) in [6.45, 7) is 6.89. The molecule has 29 heavy (non-hydrogen) atoms. The van der Waals surface area contributed by atoms with Gasteiger partial charge in [0.05, 0.1) is 33.9 Å². The van der Waals surface area contributed by atoms with Crippen molar-refractivity contribution in [3.8, 4) is 5.69 Å². The molecular formula is C20H20ClFN4O3. The monoisotopic (exact) mass is 418 g/mol. The van der Waals surface area contributed by atoms with E-state index in [0.717, 1.165) is 6.07 Å². The Hall–Kier alpha value is -3.00. The number of nitrogens with zero attached hydrogens (tertiary/aromatic N) is 3. The number of nitrogens with one attached hydrogen (secondary N) is 1. The third kappa shape index (κ3) is 4.37. The van der Waals surface area contributed by atoms with Gasteiger partial charge in [-0.25, -0.2) is 14.2 Å². The van der Waals surface area contributed by atoms with E-state index in [1.54, 1.807) is 46.0 Å². The molecule has 7 nitrogen and oxygen atoms in total. The molecule has 3 rings (SSSR count). The molecule has 9 heteroatoms. The first-order chi connectivity index (χ1) is 13.6. The van der Waals surface area contributed by atoms with Crippen LogP contribution < -0.4 is 10.9 Å². The molecule has 0 saturated carbocycles. The van der Waals surface area contributed by atoms with Gasteiger partial charge < -0.3 is 10.1 Å². The number of amides is 1. The van der Waals surface area contributed by atoms with E-state index in [-0.39, 0.29) is 21.7 Å². The van der Waals surface area contributed by atoms with Crippen molar-refractivity contribution in [2.45, 2.75) is 39.3 Å². The molecule has 0 saturated heterocycles. The zero-order valence-corrected chi connectivity index (χ0v) is 17.1. The molecule has 1 aromatic carbocycles. The first-order valence-corrected chi connectivity index (χ1v) is 9.27. The smallest absolute Gasteiger partial charge is 0.408 e. The Morgan fingerprint density at radius 1 is 1.31 bits per heavy atom. The number of halogens is 2. The average Bonchev–Trinajstić information content (AvgIpc) is 2.63. The second-order valence-corrected chi connectivity index (χ2v) is 7.82. The van der Waals surface area contributed by atoms with Gasteiger partial charge in [0.2, 0.25) is 0 Å². The Morgan fingerprint density at radius 3 is 2.66 bits per heavy atom. The van der Waals surface area contributed by atoms with E-state index in [9.17, 15) is 14.0 Å². The minimum absolute atomic E-state index is 0.0521. The zero-order chi connectivity index (χ0) is 21.3. The van der Waals surface area contributed by atoms with Crippen LogP contribution in [0.1, 0.15) is 39.6 Å². The highest BCUT2D eigenvalue weighted by molar-refractivity contribution is 6.35. The largest absolute Gasteiger partial charge is 0.444 e. The van der Waals surface area contributed by atoms with E-state index in [2.05, 4.69) is 15.3 Å². The van der Waals surface area contributed by atoms with E-state index >= 15 is 0 Å². The number of rotatable bonds is 3. The van der Waals surface area contributed by atoms with Crippen molar-refractivity contribution in [2.75, 3.05) is 0 Å². The van der Waals surface area contributed by atoms with Crippen LogP contribution in [0.5, 0.6) is 0 Å². The van der Waals surface area contributed by atoms with Crippen molar-refractivity contribution in [2.24, 2.45) is 0 Å². The van der Waals surface area contributed by atoms with Crippen LogP contribution in [0, 0.1) is 5.82 Å². The molecule has 2 heterocycles. The fraction of sp³-hybridized carbons (Fsp3) is 0.300. The van der Waals surface area contributed by atoms with Crippen molar-refractivity contribution < 1.29 is 13.9 Å². The lowest BCUT2D eigenvalue weighted by Gasteiger charge is -2.23. The van der Waals surface area contributed by atoms with Crippen LogP contribution in [0.15, 0.2) is 41.5 Å². The van der Waals surface area contributed by atoms with Gasteiger partial charge in [-0.15, -0.1) is 0 Å². The van der Waals surface area contributed by atoms with Crippen LogP contribution >= 0.6 is 11.6 Å². The number of alkyl carbamates (subject to hydrolysis) is 1. The zero-order valence-electron chi connectivity index (χ0n) is 16.4. The molecule has 0 aliphatic heterocycles. The minimum Gasteiger partial charge on any atom is -0.444 e. The molecule has 0 radical (unpaired) electrons. The van der Waals surface area contributed by atoms with Gasteiger partial charge in [0, 0.05) is 6.20 Å². The number of carbonyl (C=O) groups is 1. The van der Waals surface area contributed by atoms with Crippen LogP contribution in [-0.4, -0.2) is 26.2 Å². The van der Waals surface area contributed by atoms with Crippen LogP contribution in [0.2, 0.25) is 5.02 Å². The van der Waals surface area contributed by atoms with Crippen LogP contribution in [-0.2, 0) is 4.74 Å². The lowest BCUT2D eigenvalue weighted by molar-refractivity contribution is 0.0505. The van der Waals surface area contributed by atoms with Gasteiger partial charge in [0.15, 0.2) is 0 Å². The van der Waals surface area contributed by atoms with Crippen LogP contribution in [0.3, 0.4) is 0 Å². The van der Waals surface area contributed by atoms with Gasteiger partial charge in [-0.2, -0.15) is 0 Å².